The molecule has 0 unspecified atom stereocenters. The molecule has 1 N–H and O–H groups in total. The van der Waals surface area contributed by atoms with Crippen LogP contribution in [0.25, 0.3) is 0 Å². The highest BCUT2D eigenvalue weighted by Crippen LogP contribution is 2.08. The summed E-state index contributed by atoms with van der Waals surface area (Å²) in [5.74, 6) is -0.916. The van der Waals surface area contributed by atoms with Crippen LogP contribution in [0.5, 0.6) is 0 Å². The van der Waals surface area contributed by atoms with Crippen molar-refractivity contribution in [2.45, 2.75) is 13.5 Å². The Kier molecular flexibility index (Phi) is 4.73. The number of esters is 1. The first-order valence-electron chi connectivity index (χ1n) is 6.65. The number of aryl methyl sites for hydroxylation is 1. The number of amides is 1. The van der Waals surface area contributed by atoms with Gasteiger partial charge in [-0.15, -0.1) is 0 Å². The number of hydrogen-bond acceptors (Lipinski definition) is 4. The Labute approximate surface area is 127 Å². The molecule has 0 aliphatic carbocycles. The second-order valence-corrected chi connectivity index (χ2v) is 4.79. The van der Waals surface area contributed by atoms with Gasteiger partial charge < -0.3 is 14.6 Å². The van der Waals surface area contributed by atoms with Crippen LogP contribution in [0.2, 0.25) is 0 Å². The monoisotopic (exact) mass is 300 g/mol. The molecule has 2 aromatic rings. The van der Waals surface area contributed by atoms with Crippen LogP contribution in [-0.4, -0.2) is 23.6 Å². The predicted octanol–water partition coefficient (Wildman–Crippen LogP) is 1.58. The highest BCUT2D eigenvalue weighted by Gasteiger charge is 2.10. The van der Waals surface area contributed by atoms with Gasteiger partial charge in [0.1, 0.15) is 6.54 Å². The van der Waals surface area contributed by atoms with Gasteiger partial charge >= 0.3 is 5.97 Å². The zero-order valence-electron chi connectivity index (χ0n) is 12.3. The highest BCUT2D eigenvalue weighted by atomic mass is 16.5. The molecule has 1 amide bonds. The van der Waals surface area contributed by atoms with Crippen LogP contribution in [0.15, 0.2) is 47.4 Å². The number of aromatic nitrogens is 1. The number of pyridine rings is 1. The van der Waals surface area contributed by atoms with Gasteiger partial charge in [-0.1, -0.05) is 17.7 Å². The number of anilines is 1. The van der Waals surface area contributed by atoms with Crippen molar-refractivity contribution in [3.8, 4) is 0 Å². The number of carbonyl (C=O) groups excluding carboxylic acids is 2. The summed E-state index contributed by atoms with van der Waals surface area (Å²) in [6.07, 6.45) is 1.31. The van der Waals surface area contributed by atoms with Crippen molar-refractivity contribution < 1.29 is 14.3 Å². The van der Waals surface area contributed by atoms with Crippen LogP contribution in [0.4, 0.5) is 5.69 Å². The maximum atomic E-state index is 12.0. The van der Waals surface area contributed by atoms with E-state index in [-0.39, 0.29) is 23.6 Å². The Morgan fingerprint density at radius 1 is 1.14 bits per heavy atom. The van der Waals surface area contributed by atoms with Gasteiger partial charge in [-0.2, -0.15) is 0 Å². The third-order valence-electron chi connectivity index (χ3n) is 3.05. The fourth-order valence-corrected chi connectivity index (χ4v) is 1.89. The number of benzene rings is 1. The number of nitrogens with zero attached hydrogens (tertiary/aromatic N) is 1. The van der Waals surface area contributed by atoms with Crippen LogP contribution in [-0.2, 0) is 16.1 Å². The highest BCUT2D eigenvalue weighted by molar-refractivity contribution is 5.91. The largest absolute Gasteiger partial charge is 0.465 e. The summed E-state index contributed by atoms with van der Waals surface area (Å²) in [5.41, 5.74) is 1.57. The molecule has 0 bridgehead atoms. The van der Waals surface area contributed by atoms with E-state index in [4.69, 9.17) is 0 Å². The molecular formula is C16H16N2O4. The number of rotatable bonds is 4. The zero-order valence-corrected chi connectivity index (χ0v) is 12.3. The summed E-state index contributed by atoms with van der Waals surface area (Å²) in [4.78, 5) is 35.2. The second-order valence-electron chi connectivity index (χ2n) is 4.79. The Hall–Kier alpha value is -2.89. The first kappa shape index (κ1) is 15.5. The van der Waals surface area contributed by atoms with E-state index in [1.165, 1.54) is 25.4 Å². The first-order chi connectivity index (χ1) is 10.5. The van der Waals surface area contributed by atoms with Gasteiger partial charge in [0, 0.05) is 18.0 Å². The molecule has 0 saturated heterocycles. The van der Waals surface area contributed by atoms with Crippen molar-refractivity contribution >= 4 is 17.6 Å². The molecule has 0 radical (unpaired) electrons. The molecule has 6 heteroatoms. The van der Waals surface area contributed by atoms with Crippen LogP contribution >= 0.6 is 0 Å². The smallest absolute Gasteiger partial charge is 0.339 e. The van der Waals surface area contributed by atoms with E-state index in [2.05, 4.69) is 10.1 Å². The molecule has 1 heterocycles. The molecule has 114 valence electrons. The molecule has 1 aromatic heterocycles. The molecule has 0 saturated carbocycles. The lowest BCUT2D eigenvalue weighted by Crippen LogP contribution is -2.27. The van der Waals surface area contributed by atoms with E-state index in [1.807, 2.05) is 19.1 Å². The molecule has 0 aliphatic heterocycles. The first-order valence-corrected chi connectivity index (χ1v) is 6.65. The molecule has 0 aliphatic rings. The lowest BCUT2D eigenvalue weighted by atomic mass is 10.2. The normalized spacial score (nSPS) is 10.1. The lowest BCUT2D eigenvalue weighted by molar-refractivity contribution is -0.116. The number of ether oxygens (including phenoxy) is 1. The average Bonchev–Trinajstić information content (AvgIpc) is 2.51. The Balaban J connectivity index is 2.12. The summed E-state index contributed by atoms with van der Waals surface area (Å²) < 4.78 is 5.75. The molecule has 0 spiro atoms. The van der Waals surface area contributed by atoms with E-state index in [0.29, 0.717) is 5.69 Å². The molecule has 1 aromatic carbocycles. The third-order valence-corrected chi connectivity index (χ3v) is 3.05. The van der Waals surface area contributed by atoms with Crippen LogP contribution in [0, 0.1) is 6.92 Å². The minimum absolute atomic E-state index is 0.183. The Morgan fingerprint density at radius 2 is 1.82 bits per heavy atom. The lowest BCUT2D eigenvalue weighted by Gasteiger charge is -2.08. The summed E-state index contributed by atoms with van der Waals surface area (Å²) >= 11 is 0. The molecule has 0 fully saturated rings. The van der Waals surface area contributed by atoms with E-state index < -0.39 is 5.97 Å². The summed E-state index contributed by atoms with van der Waals surface area (Å²) in [7, 11) is 1.25. The number of hydrogen-bond donors (Lipinski definition) is 1. The van der Waals surface area contributed by atoms with Crippen molar-refractivity contribution in [2.24, 2.45) is 0 Å². The Morgan fingerprint density at radius 3 is 2.45 bits per heavy atom. The maximum Gasteiger partial charge on any atom is 0.339 e. The second kappa shape index (κ2) is 6.71. The summed E-state index contributed by atoms with van der Waals surface area (Å²) in [5, 5.41) is 2.69. The minimum Gasteiger partial charge on any atom is -0.465 e. The zero-order chi connectivity index (χ0) is 16.1. The van der Waals surface area contributed by atoms with Gasteiger partial charge in [-0.3, -0.25) is 9.59 Å². The van der Waals surface area contributed by atoms with E-state index in [0.717, 1.165) is 10.1 Å². The molecule has 2 rings (SSSR count). The van der Waals surface area contributed by atoms with Gasteiger partial charge in [0.15, 0.2) is 0 Å². The van der Waals surface area contributed by atoms with Gasteiger partial charge in [-0.05, 0) is 25.1 Å². The molecule has 6 nitrogen and oxygen atoms in total. The SMILES string of the molecule is COC(=O)c1ccc(=O)n(CC(=O)Nc2ccc(C)cc2)c1. The van der Waals surface area contributed by atoms with Crippen molar-refractivity contribution in [1.29, 1.82) is 0 Å². The van der Waals surface area contributed by atoms with Crippen molar-refractivity contribution in [2.75, 3.05) is 12.4 Å². The quantitative estimate of drug-likeness (QED) is 0.870. The maximum absolute atomic E-state index is 12.0. The summed E-state index contributed by atoms with van der Waals surface area (Å²) in [6.45, 7) is 1.76. The van der Waals surface area contributed by atoms with Crippen LogP contribution in [0.3, 0.4) is 0 Å². The number of methoxy groups -OCH3 is 1. The standard InChI is InChI=1S/C16H16N2O4/c1-11-3-6-13(7-4-11)17-14(19)10-18-9-12(16(21)22-2)5-8-15(18)20/h3-9H,10H2,1-2H3,(H,17,19). The van der Waals surface area contributed by atoms with Crippen molar-refractivity contribution in [1.82, 2.24) is 4.57 Å². The van der Waals surface area contributed by atoms with Crippen molar-refractivity contribution in [3.05, 3.63) is 64.1 Å². The summed E-state index contributed by atoms with van der Waals surface area (Å²) in [6, 6.07) is 9.90. The molecular weight excluding hydrogens is 284 g/mol. The molecule has 0 atom stereocenters. The van der Waals surface area contributed by atoms with E-state index >= 15 is 0 Å². The minimum atomic E-state index is -0.562. The fraction of sp³-hybridized carbons (Fsp3) is 0.188. The average molecular weight is 300 g/mol. The topological polar surface area (TPSA) is 77.4 Å². The van der Waals surface area contributed by atoms with Crippen molar-refractivity contribution in [3.63, 3.8) is 0 Å². The third kappa shape index (κ3) is 3.82. The van der Waals surface area contributed by atoms with E-state index in [9.17, 15) is 14.4 Å². The predicted molar refractivity (Wildman–Crippen MR) is 81.9 cm³/mol. The number of carbonyl (C=O) groups is 2. The number of nitrogens with one attached hydrogen (secondary N) is 1. The van der Waals surface area contributed by atoms with Gasteiger partial charge in [-0.25, -0.2) is 4.79 Å². The van der Waals surface area contributed by atoms with E-state index in [1.54, 1.807) is 12.1 Å². The van der Waals surface area contributed by atoms with Gasteiger partial charge in [0.2, 0.25) is 5.91 Å². The Bertz CT molecular complexity index is 747. The van der Waals surface area contributed by atoms with Gasteiger partial charge in [0.05, 0.1) is 12.7 Å². The van der Waals surface area contributed by atoms with Crippen LogP contribution in [0.1, 0.15) is 15.9 Å². The fourth-order valence-electron chi connectivity index (χ4n) is 1.89. The van der Waals surface area contributed by atoms with Crippen LogP contribution < -0.4 is 10.9 Å². The van der Waals surface area contributed by atoms with Gasteiger partial charge in [0.25, 0.3) is 5.56 Å². The molecule has 22 heavy (non-hydrogen) atoms.